The van der Waals surface area contributed by atoms with Crippen molar-refractivity contribution < 1.29 is 23.8 Å². The van der Waals surface area contributed by atoms with Crippen LogP contribution in [0.4, 0.5) is 0 Å². The molecule has 0 saturated carbocycles. The van der Waals surface area contributed by atoms with Crippen LogP contribution in [0, 0.1) is 0 Å². The van der Waals surface area contributed by atoms with Gasteiger partial charge in [-0.3, -0.25) is 9.59 Å². The molecular formula is C21H24ClN3O5. The summed E-state index contributed by atoms with van der Waals surface area (Å²) in [5, 5.41) is 6.94. The molecule has 0 aliphatic carbocycles. The second-order valence-electron chi connectivity index (χ2n) is 6.08. The third-order valence-corrected chi connectivity index (χ3v) is 4.12. The predicted octanol–water partition coefficient (Wildman–Crippen LogP) is 3.03. The molecule has 2 aromatic carbocycles. The number of halogens is 1. The van der Waals surface area contributed by atoms with Gasteiger partial charge in [0, 0.05) is 16.1 Å². The molecule has 0 aliphatic rings. The molecule has 2 aromatic rings. The molecule has 0 radical (unpaired) electrons. The minimum atomic E-state index is -0.488. The number of carbonyl (C=O) groups excluding carboxylic acids is 2. The summed E-state index contributed by atoms with van der Waals surface area (Å²) in [7, 11) is 2.98. The van der Waals surface area contributed by atoms with Gasteiger partial charge in [-0.25, -0.2) is 5.43 Å². The fourth-order valence-corrected chi connectivity index (χ4v) is 2.60. The van der Waals surface area contributed by atoms with E-state index >= 15 is 0 Å². The molecule has 0 unspecified atom stereocenters. The summed E-state index contributed by atoms with van der Waals surface area (Å²) in [5.41, 5.74) is 3.32. The fourth-order valence-electron chi connectivity index (χ4n) is 2.42. The zero-order chi connectivity index (χ0) is 21.9. The van der Waals surface area contributed by atoms with Gasteiger partial charge in [0.2, 0.25) is 0 Å². The summed E-state index contributed by atoms with van der Waals surface area (Å²) in [4.78, 5) is 24.2. The van der Waals surface area contributed by atoms with E-state index in [0.29, 0.717) is 40.0 Å². The first-order valence-electron chi connectivity index (χ1n) is 9.23. The van der Waals surface area contributed by atoms with Crippen LogP contribution < -0.4 is 25.0 Å². The van der Waals surface area contributed by atoms with E-state index < -0.39 is 11.8 Å². The lowest BCUT2D eigenvalue weighted by atomic mass is 10.2. The quantitative estimate of drug-likeness (QED) is 0.443. The first-order chi connectivity index (χ1) is 14.5. The first kappa shape index (κ1) is 23.0. The number of hydrogen-bond donors (Lipinski definition) is 2. The van der Waals surface area contributed by atoms with Crippen molar-refractivity contribution in [2.24, 2.45) is 5.10 Å². The number of amides is 2. The molecule has 0 saturated heterocycles. The summed E-state index contributed by atoms with van der Waals surface area (Å²) in [6.07, 6.45) is 2.29. The van der Waals surface area contributed by atoms with Gasteiger partial charge in [0.25, 0.3) is 11.8 Å². The van der Waals surface area contributed by atoms with Gasteiger partial charge in [-0.1, -0.05) is 18.5 Å². The van der Waals surface area contributed by atoms with Gasteiger partial charge in [0.1, 0.15) is 5.75 Å². The lowest BCUT2D eigenvalue weighted by Crippen LogP contribution is -2.34. The van der Waals surface area contributed by atoms with Crippen LogP contribution in [0.3, 0.4) is 0 Å². The normalized spacial score (nSPS) is 10.5. The number of methoxy groups -OCH3 is 2. The zero-order valence-electron chi connectivity index (χ0n) is 17.0. The number of hydrazone groups is 1. The first-order valence-corrected chi connectivity index (χ1v) is 9.60. The highest BCUT2D eigenvalue weighted by Crippen LogP contribution is 2.27. The second-order valence-corrected chi connectivity index (χ2v) is 6.51. The maximum atomic E-state index is 12.2. The number of rotatable bonds is 10. The largest absolute Gasteiger partial charge is 0.493 e. The lowest BCUT2D eigenvalue weighted by molar-refractivity contribution is -0.120. The van der Waals surface area contributed by atoms with Crippen LogP contribution in [0.25, 0.3) is 0 Å². The highest BCUT2D eigenvalue weighted by atomic mass is 35.5. The van der Waals surface area contributed by atoms with Gasteiger partial charge in [-0.15, -0.1) is 0 Å². The zero-order valence-corrected chi connectivity index (χ0v) is 17.8. The van der Waals surface area contributed by atoms with Crippen LogP contribution in [-0.2, 0) is 4.79 Å². The Morgan fingerprint density at radius 3 is 2.50 bits per heavy atom. The van der Waals surface area contributed by atoms with Crippen LogP contribution in [0.5, 0.6) is 17.2 Å². The van der Waals surface area contributed by atoms with E-state index in [-0.39, 0.29) is 6.54 Å². The van der Waals surface area contributed by atoms with Gasteiger partial charge in [0.15, 0.2) is 11.5 Å². The molecule has 2 amide bonds. The Bertz CT molecular complexity index is 918. The van der Waals surface area contributed by atoms with Gasteiger partial charge in [0.05, 0.1) is 33.6 Å². The number of nitrogens with zero attached hydrogens (tertiary/aromatic N) is 1. The van der Waals surface area contributed by atoms with E-state index in [9.17, 15) is 9.59 Å². The second kappa shape index (κ2) is 11.7. The molecule has 160 valence electrons. The monoisotopic (exact) mass is 433 g/mol. The number of hydrogen-bond acceptors (Lipinski definition) is 6. The maximum absolute atomic E-state index is 12.2. The Morgan fingerprint density at radius 1 is 1.07 bits per heavy atom. The van der Waals surface area contributed by atoms with E-state index in [2.05, 4.69) is 15.8 Å². The number of nitrogens with one attached hydrogen (secondary N) is 2. The molecule has 0 heterocycles. The molecule has 30 heavy (non-hydrogen) atoms. The van der Waals surface area contributed by atoms with E-state index in [1.165, 1.54) is 26.5 Å². The maximum Gasteiger partial charge on any atom is 0.259 e. The van der Waals surface area contributed by atoms with Crippen molar-refractivity contribution in [3.8, 4) is 17.2 Å². The lowest BCUT2D eigenvalue weighted by Gasteiger charge is -2.10. The van der Waals surface area contributed by atoms with Crippen molar-refractivity contribution in [1.29, 1.82) is 0 Å². The summed E-state index contributed by atoms with van der Waals surface area (Å²) in [6.45, 7) is 2.30. The molecule has 0 aromatic heterocycles. The molecule has 0 aliphatic heterocycles. The number of benzene rings is 2. The van der Waals surface area contributed by atoms with Crippen molar-refractivity contribution in [2.45, 2.75) is 13.3 Å². The molecule has 0 bridgehead atoms. The molecule has 2 N–H and O–H groups in total. The highest BCUT2D eigenvalue weighted by Gasteiger charge is 2.12. The third-order valence-electron chi connectivity index (χ3n) is 3.88. The van der Waals surface area contributed by atoms with E-state index in [4.69, 9.17) is 25.8 Å². The van der Waals surface area contributed by atoms with Crippen LogP contribution in [0.1, 0.15) is 29.3 Å². The Kier molecular flexibility index (Phi) is 8.96. The number of carbonyl (C=O) groups is 2. The Hall–Kier alpha value is -3.26. The summed E-state index contributed by atoms with van der Waals surface area (Å²) in [6, 6.07) is 9.85. The van der Waals surface area contributed by atoms with E-state index in [0.717, 1.165) is 6.42 Å². The number of ether oxygens (including phenoxy) is 3. The van der Waals surface area contributed by atoms with Gasteiger partial charge in [-0.05, 0) is 42.8 Å². The molecule has 2 rings (SSSR count). The van der Waals surface area contributed by atoms with Gasteiger partial charge in [-0.2, -0.15) is 5.10 Å². The van der Waals surface area contributed by atoms with Crippen LogP contribution in [0.2, 0.25) is 5.02 Å². The van der Waals surface area contributed by atoms with Crippen LogP contribution >= 0.6 is 11.6 Å². The topological polar surface area (TPSA) is 98.2 Å². The molecule has 8 nitrogen and oxygen atoms in total. The minimum Gasteiger partial charge on any atom is -0.493 e. The Labute approximate surface area is 180 Å². The van der Waals surface area contributed by atoms with Crippen molar-refractivity contribution in [1.82, 2.24) is 10.7 Å². The van der Waals surface area contributed by atoms with Crippen molar-refractivity contribution in [3.63, 3.8) is 0 Å². The molecule has 9 heteroatoms. The van der Waals surface area contributed by atoms with Crippen LogP contribution in [0.15, 0.2) is 41.5 Å². The minimum absolute atomic E-state index is 0.251. The molecule has 0 spiro atoms. The summed E-state index contributed by atoms with van der Waals surface area (Å²) in [5.74, 6) is 0.616. The van der Waals surface area contributed by atoms with Crippen molar-refractivity contribution in [3.05, 3.63) is 52.5 Å². The highest BCUT2D eigenvalue weighted by molar-refractivity contribution is 6.30. The summed E-state index contributed by atoms with van der Waals surface area (Å²) >= 11 is 6.01. The third kappa shape index (κ3) is 6.66. The SMILES string of the molecule is CCCOc1ccc(Cl)cc1C=NNC(=O)CNC(=O)c1ccc(OC)c(OC)c1. The van der Waals surface area contributed by atoms with Crippen molar-refractivity contribution in [2.75, 3.05) is 27.4 Å². The standard InChI is InChI=1S/C21H24ClN3O5/c1-4-9-30-17-8-6-16(22)10-15(17)12-24-25-20(26)13-23-21(27)14-5-7-18(28-2)19(11-14)29-3/h5-8,10-12H,4,9,13H2,1-3H3,(H,23,27)(H,25,26). The van der Waals surface area contributed by atoms with Crippen molar-refractivity contribution >= 4 is 29.6 Å². The van der Waals surface area contributed by atoms with Gasteiger partial charge >= 0.3 is 0 Å². The average molecular weight is 434 g/mol. The van der Waals surface area contributed by atoms with E-state index in [1.807, 2.05) is 6.92 Å². The molecular weight excluding hydrogens is 410 g/mol. The Morgan fingerprint density at radius 2 is 1.80 bits per heavy atom. The van der Waals surface area contributed by atoms with Gasteiger partial charge < -0.3 is 19.5 Å². The summed E-state index contributed by atoms with van der Waals surface area (Å²) < 4.78 is 15.9. The Balaban J connectivity index is 1.91. The smallest absolute Gasteiger partial charge is 0.259 e. The fraction of sp³-hybridized carbons (Fsp3) is 0.286. The predicted molar refractivity (Wildman–Crippen MR) is 115 cm³/mol. The molecule has 0 atom stereocenters. The molecule has 0 fully saturated rings. The van der Waals surface area contributed by atoms with E-state index in [1.54, 1.807) is 30.3 Å². The average Bonchev–Trinajstić information content (AvgIpc) is 2.76. The van der Waals surface area contributed by atoms with Crippen LogP contribution in [-0.4, -0.2) is 45.4 Å².